The maximum absolute atomic E-state index is 3.41. The molecule has 4 rings (SSSR count). The highest BCUT2D eigenvalue weighted by atomic mass is 14.7. The van der Waals surface area contributed by atoms with E-state index >= 15 is 0 Å². The molecule has 0 bridgehead atoms. The Morgan fingerprint density at radius 3 is 1.65 bits per heavy atom. The summed E-state index contributed by atoms with van der Waals surface area (Å²) >= 11 is 0. The van der Waals surface area contributed by atoms with Gasteiger partial charge >= 0.3 is 0 Å². The van der Waals surface area contributed by atoms with E-state index in [2.05, 4.69) is 108 Å². The molecular formula is C25H20N+. The fourth-order valence-corrected chi connectivity index (χ4v) is 2.94. The third-order valence-corrected chi connectivity index (χ3v) is 4.41. The lowest BCUT2D eigenvalue weighted by Gasteiger charge is -2.00. The van der Waals surface area contributed by atoms with E-state index in [4.69, 9.17) is 0 Å². The first-order chi connectivity index (χ1) is 12.9. The zero-order chi connectivity index (χ0) is 17.6. The Labute approximate surface area is 154 Å². The van der Waals surface area contributed by atoms with E-state index in [1.165, 1.54) is 27.8 Å². The molecule has 0 radical (unpaired) electrons. The maximum Gasteiger partial charge on any atom is 0.210 e. The Balaban J connectivity index is 1.51. The van der Waals surface area contributed by atoms with Crippen LogP contribution < -0.4 is 4.98 Å². The van der Waals surface area contributed by atoms with E-state index in [9.17, 15) is 0 Å². The molecule has 0 fully saturated rings. The first-order valence-corrected chi connectivity index (χ1v) is 8.79. The molecule has 124 valence electrons. The molecule has 1 nitrogen and oxygen atoms in total. The van der Waals surface area contributed by atoms with Crippen LogP contribution in [0.5, 0.6) is 0 Å². The maximum atomic E-state index is 3.41. The fourth-order valence-electron chi connectivity index (χ4n) is 2.94. The van der Waals surface area contributed by atoms with Gasteiger partial charge in [0.15, 0.2) is 6.20 Å². The summed E-state index contributed by atoms with van der Waals surface area (Å²) in [6.45, 7) is 0. The van der Waals surface area contributed by atoms with Crippen LogP contribution in [0.4, 0.5) is 0 Å². The molecule has 0 atom stereocenters. The van der Waals surface area contributed by atoms with Crippen LogP contribution >= 0.6 is 0 Å². The van der Waals surface area contributed by atoms with Crippen molar-refractivity contribution in [2.24, 2.45) is 0 Å². The number of hydrogen-bond acceptors (Lipinski definition) is 0. The Morgan fingerprint density at radius 1 is 0.462 bits per heavy atom. The van der Waals surface area contributed by atoms with Crippen molar-refractivity contribution in [1.29, 1.82) is 0 Å². The van der Waals surface area contributed by atoms with Gasteiger partial charge in [0, 0.05) is 17.2 Å². The van der Waals surface area contributed by atoms with Gasteiger partial charge in [0.05, 0.1) is 0 Å². The van der Waals surface area contributed by atoms with Crippen LogP contribution in [-0.4, -0.2) is 0 Å². The minimum atomic E-state index is 1.11. The molecule has 4 aromatic rings. The van der Waals surface area contributed by atoms with Crippen LogP contribution in [0.3, 0.4) is 0 Å². The van der Waals surface area contributed by atoms with Gasteiger partial charge in [-0.05, 0) is 34.9 Å². The second-order valence-electron chi connectivity index (χ2n) is 6.22. The molecule has 26 heavy (non-hydrogen) atoms. The first kappa shape index (κ1) is 16.0. The predicted octanol–water partition coefficient (Wildman–Crippen LogP) is 6.01. The third-order valence-electron chi connectivity index (χ3n) is 4.41. The number of hydrogen-bond donors (Lipinski definition) is 0. The summed E-state index contributed by atoms with van der Waals surface area (Å²) in [4.78, 5) is 3.41. The molecule has 0 amide bonds. The molecule has 1 N–H and O–H groups in total. The minimum Gasteiger partial charge on any atom is -0.211 e. The average molecular weight is 334 g/mol. The summed E-state index contributed by atoms with van der Waals surface area (Å²) in [5.41, 5.74) is 7.11. The molecule has 0 saturated carbocycles. The highest BCUT2D eigenvalue weighted by Gasteiger charge is 2.06. The summed E-state index contributed by atoms with van der Waals surface area (Å²) in [7, 11) is 0. The van der Waals surface area contributed by atoms with Gasteiger partial charge in [0.25, 0.3) is 0 Å². The summed E-state index contributed by atoms with van der Waals surface area (Å²) in [6, 6.07) is 33.6. The second-order valence-corrected chi connectivity index (χ2v) is 6.22. The van der Waals surface area contributed by atoms with Crippen LogP contribution in [0.25, 0.3) is 34.5 Å². The Morgan fingerprint density at radius 2 is 1.04 bits per heavy atom. The zero-order valence-corrected chi connectivity index (χ0v) is 14.5. The highest BCUT2D eigenvalue weighted by molar-refractivity contribution is 5.71. The van der Waals surface area contributed by atoms with Crippen LogP contribution in [0.1, 0.15) is 11.1 Å². The molecule has 3 aromatic carbocycles. The molecule has 1 aromatic heterocycles. The number of aromatic nitrogens is 1. The van der Waals surface area contributed by atoms with Crippen LogP contribution in [0, 0.1) is 0 Å². The molecule has 0 spiro atoms. The van der Waals surface area contributed by atoms with E-state index < -0.39 is 0 Å². The predicted molar refractivity (Wildman–Crippen MR) is 109 cm³/mol. The smallest absolute Gasteiger partial charge is 0.210 e. The fraction of sp³-hybridized carbons (Fsp3) is 0. The SMILES string of the molecule is C(=C\c1ccc(-c2ccc(-c3ccccc3)c[nH+]2)cc1)/c1ccccc1. The van der Waals surface area contributed by atoms with Crippen molar-refractivity contribution in [2.75, 3.05) is 0 Å². The topological polar surface area (TPSA) is 14.1 Å². The third kappa shape index (κ3) is 3.79. The first-order valence-electron chi connectivity index (χ1n) is 8.79. The molecule has 0 unspecified atom stereocenters. The number of rotatable bonds is 4. The lowest BCUT2D eigenvalue weighted by Crippen LogP contribution is -2.06. The van der Waals surface area contributed by atoms with E-state index in [0.717, 1.165) is 5.69 Å². The number of aromatic amines is 1. The van der Waals surface area contributed by atoms with Crippen molar-refractivity contribution in [1.82, 2.24) is 0 Å². The van der Waals surface area contributed by atoms with E-state index in [1.807, 2.05) is 12.1 Å². The number of nitrogens with one attached hydrogen (secondary N) is 1. The zero-order valence-electron chi connectivity index (χ0n) is 14.5. The standard InChI is InChI=1S/C25H19N/c1-3-7-20(8-4-1)11-12-21-13-15-23(16-14-21)25-18-17-24(19-26-25)22-9-5-2-6-10-22/h1-19H/p+1/b12-11+. The lowest BCUT2D eigenvalue weighted by molar-refractivity contribution is -0.363. The minimum absolute atomic E-state index is 1.11. The van der Waals surface area contributed by atoms with Crippen molar-refractivity contribution in [2.45, 2.75) is 0 Å². The number of H-pyrrole nitrogens is 1. The van der Waals surface area contributed by atoms with Crippen LogP contribution in [0.2, 0.25) is 0 Å². The van der Waals surface area contributed by atoms with Gasteiger partial charge in [-0.2, -0.15) is 0 Å². The quantitative estimate of drug-likeness (QED) is 0.406. The molecular weight excluding hydrogens is 314 g/mol. The molecule has 1 heterocycles. The van der Waals surface area contributed by atoms with Gasteiger partial charge in [-0.15, -0.1) is 0 Å². The normalized spacial score (nSPS) is 10.9. The molecule has 0 aliphatic rings. The second kappa shape index (κ2) is 7.62. The molecule has 0 aliphatic carbocycles. The van der Waals surface area contributed by atoms with Gasteiger partial charge in [-0.3, -0.25) is 0 Å². The monoisotopic (exact) mass is 334 g/mol. The molecule has 0 saturated heterocycles. The van der Waals surface area contributed by atoms with Crippen LogP contribution in [-0.2, 0) is 0 Å². The summed E-state index contributed by atoms with van der Waals surface area (Å²) in [6.07, 6.45) is 6.34. The van der Waals surface area contributed by atoms with Crippen molar-refractivity contribution in [3.05, 3.63) is 114 Å². The Bertz CT molecular complexity index is 983. The van der Waals surface area contributed by atoms with Gasteiger partial charge in [0.1, 0.15) is 0 Å². The molecule has 1 heteroatoms. The van der Waals surface area contributed by atoms with Crippen molar-refractivity contribution < 1.29 is 4.98 Å². The Kier molecular flexibility index (Phi) is 4.70. The number of pyridine rings is 1. The highest BCUT2D eigenvalue weighted by Crippen LogP contribution is 2.21. The van der Waals surface area contributed by atoms with E-state index in [1.54, 1.807) is 0 Å². The van der Waals surface area contributed by atoms with Crippen molar-refractivity contribution in [3.8, 4) is 22.4 Å². The van der Waals surface area contributed by atoms with Gasteiger partial charge < -0.3 is 0 Å². The Hall–Kier alpha value is -3.45. The summed E-state index contributed by atoms with van der Waals surface area (Å²) in [5, 5.41) is 0. The molecule has 0 aliphatic heterocycles. The average Bonchev–Trinajstić information content (AvgIpc) is 2.74. The number of benzene rings is 3. The van der Waals surface area contributed by atoms with Gasteiger partial charge in [-0.25, -0.2) is 4.98 Å². The van der Waals surface area contributed by atoms with E-state index in [0.29, 0.717) is 0 Å². The van der Waals surface area contributed by atoms with E-state index in [-0.39, 0.29) is 0 Å². The van der Waals surface area contributed by atoms with Gasteiger partial charge in [0.2, 0.25) is 5.69 Å². The van der Waals surface area contributed by atoms with Crippen molar-refractivity contribution >= 4 is 12.2 Å². The largest absolute Gasteiger partial charge is 0.211 e. The summed E-state index contributed by atoms with van der Waals surface area (Å²) in [5.74, 6) is 0. The van der Waals surface area contributed by atoms with Gasteiger partial charge in [-0.1, -0.05) is 84.9 Å². The van der Waals surface area contributed by atoms with Crippen molar-refractivity contribution in [3.63, 3.8) is 0 Å². The lowest BCUT2D eigenvalue weighted by atomic mass is 10.0. The summed E-state index contributed by atoms with van der Waals surface area (Å²) < 4.78 is 0. The van der Waals surface area contributed by atoms with Crippen LogP contribution in [0.15, 0.2) is 103 Å².